The summed E-state index contributed by atoms with van der Waals surface area (Å²) >= 11 is 0. The molecule has 5 heteroatoms. The first-order valence-corrected chi connectivity index (χ1v) is 9.15. The van der Waals surface area contributed by atoms with Gasteiger partial charge < -0.3 is 14.5 Å². The second-order valence-electron chi connectivity index (χ2n) is 7.16. The standard InChI is InChI=1S/C20H26N4O/c1-23-10-8-19-18(13-23)20(22-14-21-19)24-9-4-6-16(24)11-15-5-3-7-17(12-15)25-2/h3,5,7,12,14,16H,4,6,8-11,13H2,1-2H3/t16-/m1/s1. The molecule has 1 saturated heterocycles. The van der Waals surface area contributed by atoms with Crippen LogP contribution >= 0.6 is 0 Å². The van der Waals surface area contributed by atoms with Crippen LogP contribution in [0.2, 0.25) is 0 Å². The number of aromatic nitrogens is 2. The van der Waals surface area contributed by atoms with Crippen LogP contribution in [-0.4, -0.2) is 48.2 Å². The van der Waals surface area contributed by atoms with Crippen molar-refractivity contribution in [1.29, 1.82) is 0 Å². The van der Waals surface area contributed by atoms with E-state index < -0.39 is 0 Å². The van der Waals surface area contributed by atoms with Crippen molar-refractivity contribution < 1.29 is 4.74 Å². The van der Waals surface area contributed by atoms with Crippen LogP contribution in [0.15, 0.2) is 30.6 Å². The van der Waals surface area contributed by atoms with Gasteiger partial charge in [0.05, 0.1) is 12.8 Å². The lowest BCUT2D eigenvalue weighted by molar-refractivity contribution is 0.309. The Balaban J connectivity index is 1.60. The number of likely N-dealkylation sites (N-methyl/N-ethyl adjacent to an activating group) is 1. The zero-order chi connectivity index (χ0) is 17.2. The number of anilines is 1. The predicted octanol–water partition coefficient (Wildman–Crippen LogP) is 2.68. The summed E-state index contributed by atoms with van der Waals surface area (Å²) in [5, 5.41) is 0. The molecular formula is C20H26N4O. The third-order valence-electron chi connectivity index (χ3n) is 5.42. The van der Waals surface area contributed by atoms with Crippen LogP contribution in [0.5, 0.6) is 5.75 Å². The van der Waals surface area contributed by atoms with Crippen LogP contribution in [0.3, 0.4) is 0 Å². The Bertz CT molecular complexity index is 748. The summed E-state index contributed by atoms with van der Waals surface area (Å²) < 4.78 is 5.38. The normalized spacial score (nSPS) is 20.6. The molecule has 1 fully saturated rings. The number of methoxy groups -OCH3 is 1. The van der Waals surface area contributed by atoms with Crippen molar-refractivity contribution in [2.24, 2.45) is 0 Å². The smallest absolute Gasteiger partial charge is 0.137 e. The second-order valence-corrected chi connectivity index (χ2v) is 7.16. The Kier molecular flexibility index (Phi) is 4.57. The molecular weight excluding hydrogens is 312 g/mol. The van der Waals surface area contributed by atoms with E-state index in [1.165, 1.54) is 29.7 Å². The van der Waals surface area contributed by atoms with Gasteiger partial charge in [0.25, 0.3) is 0 Å². The molecule has 1 aromatic heterocycles. The first-order chi connectivity index (χ1) is 12.2. The summed E-state index contributed by atoms with van der Waals surface area (Å²) in [6, 6.07) is 8.93. The van der Waals surface area contributed by atoms with Gasteiger partial charge in [-0.15, -0.1) is 0 Å². The fourth-order valence-electron chi connectivity index (χ4n) is 4.11. The maximum absolute atomic E-state index is 5.38. The molecule has 0 bridgehead atoms. The summed E-state index contributed by atoms with van der Waals surface area (Å²) in [6.45, 7) is 3.12. The predicted molar refractivity (Wildman–Crippen MR) is 99.1 cm³/mol. The number of ether oxygens (including phenoxy) is 1. The SMILES string of the molecule is COc1cccc(C[C@H]2CCCN2c2ncnc3c2CN(C)CC3)c1. The summed E-state index contributed by atoms with van der Waals surface area (Å²) in [6.07, 6.45) is 6.25. The molecule has 0 saturated carbocycles. The van der Waals surface area contributed by atoms with Crippen molar-refractivity contribution in [2.75, 3.05) is 32.1 Å². The number of hydrogen-bond donors (Lipinski definition) is 0. The average molecular weight is 338 g/mol. The van der Waals surface area contributed by atoms with E-state index in [0.717, 1.165) is 44.0 Å². The van der Waals surface area contributed by atoms with E-state index in [-0.39, 0.29) is 0 Å². The number of rotatable bonds is 4. The molecule has 2 aliphatic heterocycles. The molecule has 3 heterocycles. The third kappa shape index (κ3) is 3.33. The van der Waals surface area contributed by atoms with Gasteiger partial charge >= 0.3 is 0 Å². The molecule has 2 aromatic rings. The molecule has 1 atom stereocenters. The van der Waals surface area contributed by atoms with Crippen molar-refractivity contribution >= 4 is 5.82 Å². The molecule has 2 aliphatic rings. The molecule has 5 nitrogen and oxygen atoms in total. The average Bonchev–Trinajstić information content (AvgIpc) is 3.09. The monoisotopic (exact) mass is 338 g/mol. The topological polar surface area (TPSA) is 41.5 Å². The molecule has 25 heavy (non-hydrogen) atoms. The van der Waals surface area contributed by atoms with E-state index in [2.05, 4.69) is 40.0 Å². The molecule has 0 unspecified atom stereocenters. The minimum Gasteiger partial charge on any atom is -0.497 e. The Morgan fingerprint density at radius 3 is 3.04 bits per heavy atom. The Morgan fingerprint density at radius 1 is 1.24 bits per heavy atom. The Labute approximate surface area is 149 Å². The van der Waals surface area contributed by atoms with Crippen molar-refractivity contribution in [2.45, 2.75) is 38.3 Å². The Morgan fingerprint density at radius 2 is 2.16 bits per heavy atom. The number of hydrogen-bond acceptors (Lipinski definition) is 5. The first kappa shape index (κ1) is 16.3. The van der Waals surface area contributed by atoms with Gasteiger partial charge in [-0.25, -0.2) is 9.97 Å². The molecule has 0 amide bonds. The van der Waals surface area contributed by atoms with Crippen LogP contribution in [0, 0.1) is 0 Å². The third-order valence-corrected chi connectivity index (χ3v) is 5.42. The maximum Gasteiger partial charge on any atom is 0.137 e. The minimum absolute atomic E-state index is 0.498. The number of nitrogens with zero attached hydrogens (tertiary/aromatic N) is 4. The summed E-state index contributed by atoms with van der Waals surface area (Å²) in [5.74, 6) is 2.09. The molecule has 0 aliphatic carbocycles. The zero-order valence-electron chi connectivity index (χ0n) is 15.1. The highest BCUT2D eigenvalue weighted by atomic mass is 16.5. The molecule has 0 radical (unpaired) electrons. The summed E-state index contributed by atoms with van der Waals surface area (Å²) in [4.78, 5) is 14.1. The van der Waals surface area contributed by atoms with Crippen LogP contribution in [0.25, 0.3) is 0 Å². The summed E-state index contributed by atoms with van der Waals surface area (Å²) in [5.41, 5.74) is 3.89. The molecule has 0 spiro atoms. The zero-order valence-corrected chi connectivity index (χ0v) is 15.1. The van der Waals surface area contributed by atoms with Crippen LogP contribution in [0.1, 0.15) is 29.7 Å². The van der Waals surface area contributed by atoms with Crippen molar-refractivity contribution in [3.05, 3.63) is 47.4 Å². The van der Waals surface area contributed by atoms with Gasteiger partial charge in [-0.3, -0.25) is 0 Å². The molecule has 4 rings (SSSR count). The highest BCUT2D eigenvalue weighted by molar-refractivity contribution is 5.51. The van der Waals surface area contributed by atoms with Gasteiger partial charge in [-0.05, 0) is 44.0 Å². The highest BCUT2D eigenvalue weighted by Crippen LogP contribution is 2.32. The van der Waals surface area contributed by atoms with Gasteiger partial charge in [0.15, 0.2) is 0 Å². The lowest BCUT2D eigenvalue weighted by Gasteiger charge is -2.32. The first-order valence-electron chi connectivity index (χ1n) is 9.15. The van der Waals surface area contributed by atoms with E-state index in [4.69, 9.17) is 9.72 Å². The lowest BCUT2D eigenvalue weighted by Crippen LogP contribution is -2.35. The van der Waals surface area contributed by atoms with Crippen LogP contribution < -0.4 is 9.64 Å². The summed E-state index contributed by atoms with van der Waals surface area (Å²) in [7, 11) is 3.90. The van der Waals surface area contributed by atoms with Crippen molar-refractivity contribution in [3.63, 3.8) is 0 Å². The minimum atomic E-state index is 0.498. The fraction of sp³-hybridized carbons (Fsp3) is 0.500. The maximum atomic E-state index is 5.38. The van der Waals surface area contributed by atoms with Gasteiger partial charge in [-0.2, -0.15) is 0 Å². The van der Waals surface area contributed by atoms with E-state index >= 15 is 0 Å². The number of fused-ring (bicyclic) bond motifs is 1. The lowest BCUT2D eigenvalue weighted by atomic mass is 10.0. The quantitative estimate of drug-likeness (QED) is 0.857. The van der Waals surface area contributed by atoms with Gasteiger partial charge in [0.1, 0.15) is 17.9 Å². The second kappa shape index (κ2) is 7.00. The van der Waals surface area contributed by atoms with E-state index in [1.807, 2.05) is 6.07 Å². The van der Waals surface area contributed by atoms with Crippen molar-refractivity contribution in [3.8, 4) is 5.75 Å². The largest absolute Gasteiger partial charge is 0.497 e. The molecule has 1 aromatic carbocycles. The van der Waals surface area contributed by atoms with Crippen LogP contribution in [0.4, 0.5) is 5.82 Å². The highest BCUT2D eigenvalue weighted by Gasteiger charge is 2.30. The van der Waals surface area contributed by atoms with E-state index in [0.29, 0.717) is 6.04 Å². The Hall–Kier alpha value is -2.14. The van der Waals surface area contributed by atoms with Gasteiger partial charge in [0.2, 0.25) is 0 Å². The van der Waals surface area contributed by atoms with Crippen LogP contribution in [-0.2, 0) is 19.4 Å². The fourth-order valence-corrected chi connectivity index (χ4v) is 4.11. The number of benzene rings is 1. The van der Waals surface area contributed by atoms with E-state index in [9.17, 15) is 0 Å². The van der Waals surface area contributed by atoms with Crippen molar-refractivity contribution in [1.82, 2.24) is 14.9 Å². The van der Waals surface area contributed by atoms with Gasteiger partial charge in [-0.1, -0.05) is 12.1 Å². The van der Waals surface area contributed by atoms with E-state index in [1.54, 1.807) is 13.4 Å². The van der Waals surface area contributed by atoms with Gasteiger partial charge in [0, 0.05) is 37.7 Å². The molecule has 132 valence electrons. The molecule has 0 N–H and O–H groups in total.